The van der Waals surface area contributed by atoms with Crippen LogP contribution in [0, 0.1) is 5.41 Å². The van der Waals surface area contributed by atoms with Gasteiger partial charge in [-0.25, -0.2) is 4.79 Å². The van der Waals surface area contributed by atoms with Crippen molar-refractivity contribution >= 4 is 6.03 Å². The molecule has 2 rings (SSSR count). The van der Waals surface area contributed by atoms with Crippen LogP contribution < -0.4 is 5.32 Å². The zero-order valence-electron chi connectivity index (χ0n) is 13.6. The summed E-state index contributed by atoms with van der Waals surface area (Å²) in [4.78, 5) is 14.3. The van der Waals surface area contributed by atoms with Crippen molar-refractivity contribution in [3.8, 4) is 0 Å². The number of carbonyl (C=O) groups excluding carboxylic acids is 1. The third-order valence-corrected chi connectivity index (χ3v) is 4.77. The highest BCUT2D eigenvalue weighted by Crippen LogP contribution is 2.35. The highest BCUT2D eigenvalue weighted by molar-refractivity contribution is 5.75. The fourth-order valence-electron chi connectivity index (χ4n) is 3.31. The Balaban J connectivity index is 1.86. The van der Waals surface area contributed by atoms with E-state index in [4.69, 9.17) is 4.74 Å². The summed E-state index contributed by atoms with van der Waals surface area (Å²) < 4.78 is 5.45. The summed E-state index contributed by atoms with van der Waals surface area (Å²) in [5.41, 5.74) is 0.412. The number of hydrogen-bond donors (Lipinski definition) is 2. The van der Waals surface area contributed by atoms with E-state index in [0.717, 1.165) is 25.7 Å². The van der Waals surface area contributed by atoms with E-state index >= 15 is 0 Å². The number of aliphatic hydroxyl groups excluding tert-OH is 1. The molecule has 0 aromatic rings. The monoisotopic (exact) mass is 298 g/mol. The normalized spacial score (nSPS) is 28.2. The first-order valence-corrected chi connectivity index (χ1v) is 8.20. The molecule has 0 aromatic carbocycles. The second kappa shape index (κ2) is 6.97. The number of morpholine rings is 1. The van der Waals surface area contributed by atoms with Crippen LogP contribution in [0.15, 0.2) is 0 Å². The summed E-state index contributed by atoms with van der Waals surface area (Å²) >= 11 is 0. The Morgan fingerprint density at radius 1 is 1.43 bits per heavy atom. The lowest BCUT2D eigenvalue weighted by atomic mass is 9.75. The molecule has 5 heteroatoms. The molecule has 0 aromatic heterocycles. The average molecular weight is 298 g/mol. The van der Waals surface area contributed by atoms with Gasteiger partial charge in [-0.15, -0.1) is 0 Å². The molecule has 1 aliphatic heterocycles. The fourth-order valence-corrected chi connectivity index (χ4v) is 3.31. The summed E-state index contributed by atoms with van der Waals surface area (Å²) in [6.07, 6.45) is 4.61. The van der Waals surface area contributed by atoms with Gasteiger partial charge in [-0.1, -0.05) is 13.8 Å². The van der Waals surface area contributed by atoms with Crippen molar-refractivity contribution in [3.63, 3.8) is 0 Å². The van der Waals surface area contributed by atoms with Gasteiger partial charge in [0.15, 0.2) is 0 Å². The van der Waals surface area contributed by atoms with Gasteiger partial charge in [0.25, 0.3) is 0 Å². The molecule has 0 spiro atoms. The Morgan fingerprint density at radius 2 is 2.10 bits per heavy atom. The van der Waals surface area contributed by atoms with Crippen molar-refractivity contribution < 1.29 is 14.6 Å². The van der Waals surface area contributed by atoms with E-state index in [9.17, 15) is 9.90 Å². The van der Waals surface area contributed by atoms with Gasteiger partial charge < -0.3 is 20.1 Å². The van der Waals surface area contributed by atoms with Crippen molar-refractivity contribution in [2.24, 2.45) is 5.41 Å². The molecule has 1 saturated heterocycles. The first-order chi connectivity index (χ1) is 9.87. The minimum Gasteiger partial charge on any atom is -0.393 e. The molecule has 1 heterocycles. The quantitative estimate of drug-likeness (QED) is 0.839. The second-order valence-corrected chi connectivity index (χ2v) is 7.39. The van der Waals surface area contributed by atoms with Crippen molar-refractivity contribution in [2.75, 3.05) is 19.8 Å². The molecule has 0 radical (unpaired) electrons. The number of hydrogen-bond acceptors (Lipinski definition) is 3. The van der Waals surface area contributed by atoms with Crippen molar-refractivity contribution in [1.82, 2.24) is 10.2 Å². The average Bonchev–Trinajstić information content (AvgIpc) is 2.41. The number of nitrogens with zero attached hydrogens (tertiary/aromatic N) is 1. The van der Waals surface area contributed by atoms with Crippen LogP contribution in [0.25, 0.3) is 0 Å². The molecule has 2 aliphatic rings. The molecule has 21 heavy (non-hydrogen) atoms. The molecule has 2 N–H and O–H groups in total. The number of amides is 2. The van der Waals surface area contributed by atoms with Gasteiger partial charge in [0.2, 0.25) is 0 Å². The topological polar surface area (TPSA) is 61.8 Å². The first-order valence-electron chi connectivity index (χ1n) is 8.20. The number of nitrogens with one attached hydrogen (secondary N) is 1. The standard InChI is InChI=1S/C16H30N2O3/c1-12(19)10-14-11-21-9-8-18(14)15(20)17-13-4-6-16(2,3)7-5-13/h12-14,19H,4-11H2,1-3H3,(H,17,20)/t12-,14+/m1/s1. The van der Waals surface area contributed by atoms with Gasteiger partial charge in [-0.3, -0.25) is 0 Å². The van der Waals surface area contributed by atoms with E-state index in [0.29, 0.717) is 37.6 Å². The van der Waals surface area contributed by atoms with Crippen LogP contribution in [0.4, 0.5) is 4.79 Å². The summed E-state index contributed by atoms with van der Waals surface area (Å²) in [5.74, 6) is 0. The maximum absolute atomic E-state index is 12.5. The fraction of sp³-hybridized carbons (Fsp3) is 0.938. The van der Waals surface area contributed by atoms with Gasteiger partial charge in [0, 0.05) is 12.6 Å². The van der Waals surface area contributed by atoms with Crippen molar-refractivity contribution in [1.29, 1.82) is 0 Å². The summed E-state index contributed by atoms with van der Waals surface area (Å²) in [7, 11) is 0. The molecule has 1 saturated carbocycles. The van der Waals surface area contributed by atoms with Gasteiger partial charge in [0.05, 0.1) is 25.4 Å². The number of ether oxygens (including phenoxy) is 1. The van der Waals surface area contributed by atoms with E-state index in [2.05, 4.69) is 19.2 Å². The number of rotatable bonds is 3. The van der Waals surface area contributed by atoms with E-state index in [1.54, 1.807) is 6.92 Å². The summed E-state index contributed by atoms with van der Waals surface area (Å²) in [5, 5.41) is 12.7. The van der Waals surface area contributed by atoms with Gasteiger partial charge in [-0.05, 0) is 44.4 Å². The molecule has 2 fully saturated rings. The van der Waals surface area contributed by atoms with Crippen LogP contribution in [-0.4, -0.2) is 54.0 Å². The Hall–Kier alpha value is -0.810. The molecular weight excluding hydrogens is 268 g/mol. The van der Waals surface area contributed by atoms with Gasteiger partial charge in [-0.2, -0.15) is 0 Å². The maximum atomic E-state index is 12.5. The zero-order valence-corrected chi connectivity index (χ0v) is 13.6. The zero-order chi connectivity index (χ0) is 15.5. The highest BCUT2D eigenvalue weighted by atomic mass is 16.5. The van der Waals surface area contributed by atoms with Crippen molar-refractivity contribution in [2.45, 2.75) is 71.1 Å². The largest absolute Gasteiger partial charge is 0.393 e. The third-order valence-electron chi connectivity index (χ3n) is 4.77. The summed E-state index contributed by atoms with van der Waals surface area (Å²) in [6, 6.07) is 0.285. The number of carbonyl (C=O) groups is 1. The predicted molar refractivity (Wildman–Crippen MR) is 82.2 cm³/mol. The first kappa shape index (κ1) is 16.6. The third kappa shape index (κ3) is 4.85. The Kier molecular flexibility index (Phi) is 5.49. The lowest BCUT2D eigenvalue weighted by molar-refractivity contribution is -0.00527. The molecule has 0 unspecified atom stereocenters. The van der Waals surface area contributed by atoms with Crippen LogP contribution in [0.5, 0.6) is 0 Å². The number of aliphatic hydroxyl groups is 1. The molecule has 122 valence electrons. The van der Waals surface area contributed by atoms with Crippen molar-refractivity contribution in [3.05, 3.63) is 0 Å². The summed E-state index contributed by atoms with van der Waals surface area (Å²) in [6.45, 7) is 8.07. The smallest absolute Gasteiger partial charge is 0.318 e. The second-order valence-electron chi connectivity index (χ2n) is 7.39. The van der Waals surface area contributed by atoms with Crippen LogP contribution >= 0.6 is 0 Å². The molecule has 2 amide bonds. The minimum absolute atomic E-state index is 0.00801. The number of urea groups is 1. The van der Waals surface area contributed by atoms with E-state index < -0.39 is 6.10 Å². The minimum atomic E-state index is -0.414. The Bertz CT molecular complexity index is 347. The highest BCUT2D eigenvalue weighted by Gasteiger charge is 2.32. The van der Waals surface area contributed by atoms with Crippen LogP contribution in [0.3, 0.4) is 0 Å². The van der Waals surface area contributed by atoms with E-state index in [1.807, 2.05) is 4.90 Å². The SMILES string of the molecule is C[C@@H](O)C[C@H]1COCCN1C(=O)NC1CCC(C)(C)CC1. The van der Waals surface area contributed by atoms with Crippen LogP contribution in [-0.2, 0) is 4.74 Å². The van der Waals surface area contributed by atoms with Gasteiger partial charge >= 0.3 is 6.03 Å². The molecule has 1 aliphatic carbocycles. The van der Waals surface area contributed by atoms with Gasteiger partial charge in [0.1, 0.15) is 0 Å². The van der Waals surface area contributed by atoms with E-state index in [1.165, 1.54) is 0 Å². The molecular formula is C16H30N2O3. The molecule has 0 bridgehead atoms. The molecule has 5 nitrogen and oxygen atoms in total. The maximum Gasteiger partial charge on any atom is 0.318 e. The lowest BCUT2D eigenvalue weighted by Crippen LogP contribution is -2.55. The lowest BCUT2D eigenvalue weighted by Gasteiger charge is -2.39. The molecule has 2 atom stereocenters. The predicted octanol–water partition coefficient (Wildman–Crippen LogP) is 2.14. The van der Waals surface area contributed by atoms with Crippen LogP contribution in [0.1, 0.15) is 52.9 Å². The van der Waals surface area contributed by atoms with E-state index in [-0.39, 0.29) is 12.1 Å². The Labute approximate surface area is 128 Å². The van der Waals surface area contributed by atoms with Crippen LogP contribution in [0.2, 0.25) is 0 Å². The Morgan fingerprint density at radius 3 is 2.71 bits per heavy atom.